The Hall–Kier alpha value is -2.39. The third-order valence-corrected chi connectivity index (χ3v) is 8.09. The molecule has 172 valence electrons. The molecule has 2 aliphatic heterocycles. The number of hydrogen-bond donors (Lipinski definition) is 1. The molecule has 2 heterocycles. The number of piperazine rings is 1. The first kappa shape index (κ1) is 22.8. The molecule has 0 spiro atoms. The second kappa shape index (κ2) is 9.62. The van der Waals surface area contributed by atoms with Crippen LogP contribution in [0.2, 0.25) is 0 Å². The summed E-state index contributed by atoms with van der Waals surface area (Å²) in [5.74, 6) is 0.486. The molecule has 0 saturated carbocycles. The van der Waals surface area contributed by atoms with E-state index in [1.54, 1.807) is 12.1 Å². The van der Waals surface area contributed by atoms with Gasteiger partial charge in [-0.2, -0.15) is 4.31 Å². The highest BCUT2D eigenvalue weighted by Crippen LogP contribution is 2.28. The van der Waals surface area contributed by atoms with Crippen molar-refractivity contribution >= 4 is 10.0 Å². The summed E-state index contributed by atoms with van der Waals surface area (Å²) >= 11 is 0. The number of allylic oxidation sites excluding steroid dienone is 1. The molecule has 0 radical (unpaired) electrons. The average molecular weight is 458 g/mol. The van der Waals surface area contributed by atoms with Gasteiger partial charge in [-0.15, -0.1) is 0 Å². The zero-order valence-electron chi connectivity index (χ0n) is 18.4. The molecule has 2 aliphatic rings. The highest BCUT2D eigenvalue weighted by Gasteiger charge is 2.40. The van der Waals surface area contributed by atoms with Gasteiger partial charge in [-0.05, 0) is 24.6 Å². The van der Waals surface area contributed by atoms with Crippen LogP contribution in [0.1, 0.15) is 12.5 Å². The number of likely N-dealkylation sites (tertiary alicyclic amines) is 1. The van der Waals surface area contributed by atoms with Gasteiger partial charge >= 0.3 is 0 Å². The molecule has 4 rings (SSSR count). The fourth-order valence-corrected chi connectivity index (χ4v) is 6.12. The lowest BCUT2D eigenvalue weighted by Gasteiger charge is -2.39. The number of nitrogens with zero attached hydrogens (tertiary/aromatic N) is 3. The molecule has 32 heavy (non-hydrogen) atoms. The number of rotatable bonds is 7. The fraction of sp³-hybridized carbons (Fsp3) is 0.417. The van der Waals surface area contributed by atoms with Crippen LogP contribution in [0.25, 0.3) is 0 Å². The number of ether oxygens (including phenoxy) is 1. The maximum atomic E-state index is 13.0. The van der Waals surface area contributed by atoms with Crippen molar-refractivity contribution in [3.05, 3.63) is 72.5 Å². The van der Waals surface area contributed by atoms with Gasteiger partial charge in [0.1, 0.15) is 16.7 Å². The predicted molar refractivity (Wildman–Crippen MR) is 124 cm³/mol. The van der Waals surface area contributed by atoms with Crippen LogP contribution in [-0.2, 0) is 21.3 Å². The molecule has 2 aromatic carbocycles. The largest absolute Gasteiger partial charge is 0.507 e. The lowest BCUT2D eigenvalue weighted by atomic mass is 10.1. The molecule has 0 bridgehead atoms. The van der Waals surface area contributed by atoms with Gasteiger partial charge in [0, 0.05) is 45.8 Å². The quantitative estimate of drug-likeness (QED) is 0.644. The lowest BCUT2D eigenvalue weighted by molar-refractivity contribution is 0.0391. The van der Waals surface area contributed by atoms with E-state index in [2.05, 4.69) is 40.6 Å². The van der Waals surface area contributed by atoms with Crippen LogP contribution in [0.5, 0.6) is 5.75 Å². The van der Waals surface area contributed by atoms with Crippen LogP contribution >= 0.6 is 0 Å². The molecule has 1 N–H and O–H groups in total. The molecular weight excluding hydrogens is 426 g/mol. The van der Waals surface area contributed by atoms with Gasteiger partial charge < -0.3 is 9.84 Å². The monoisotopic (exact) mass is 457 g/mol. The summed E-state index contributed by atoms with van der Waals surface area (Å²) in [6.45, 7) is 10.3. The van der Waals surface area contributed by atoms with E-state index in [9.17, 15) is 13.5 Å². The normalized spacial score (nSPS) is 23.3. The van der Waals surface area contributed by atoms with E-state index in [0.717, 1.165) is 19.6 Å². The molecule has 2 aromatic rings. The summed E-state index contributed by atoms with van der Waals surface area (Å²) in [6, 6.07) is 16.7. The second-order valence-corrected chi connectivity index (χ2v) is 10.4. The fourth-order valence-electron chi connectivity index (χ4n) is 4.62. The van der Waals surface area contributed by atoms with Crippen molar-refractivity contribution in [2.24, 2.45) is 0 Å². The van der Waals surface area contributed by atoms with Gasteiger partial charge in [0.15, 0.2) is 0 Å². The standard InChI is InChI=1S/C24H31N3O4S/c1-19(2)31-23-18-25(16-20-8-4-3-5-9-20)17-21(23)26-12-14-27(15-13-26)32(29,30)24-11-7-6-10-22(24)28/h3-11,21,23,28H,1,12-18H2,2H3/t21-,23?/m1/s1. The Labute approximate surface area is 190 Å². The molecule has 2 saturated heterocycles. The number of hydrogen-bond acceptors (Lipinski definition) is 6. The lowest BCUT2D eigenvalue weighted by Crippen LogP contribution is -2.55. The van der Waals surface area contributed by atoms with E-state index in [4.69, 9.17) is 4.74 Å². The van der Waals surface area contributed by atoms with Crippen molar-refractivity contribution in [1.29, 1.82) is 0 Å². The minimum Gasteiger partial charge on any atom is -0.507 e. The van der Waals surface area contributed by atoms with E-state index in [1.165, 1.54) is 22.0 Å². The van der Waals surface area contributed by atoms with Crippen LogP contribution in [0.3, 0.4) is 0 Å². The molecule has 2 atom stereocenters. The Kier molecular flexibility index (Phi) is 6.85. The van der Waals surface area contributed by atoms with E-state index >= 15 is 0 Å². The summed E-state index contributed by atoms with van der Waals surface area (Å²) in [5, 5.41) is 10.0. The van der Waals surface area contributed by atoms with E-state index in [1.807, 2.05) is 13.0 Å². The Morgan fingerprint density at radius 1 is 1.03 bits per heavy atom. The Bertz CT molecular complexity index is 1040. The minimum atomic E-state index is -3.72. The second-order valence-electron chi connectivity index (χ2n) is 8.51. The summed E-state index contributed by atoms with van der Waals surface area (Å²) < 4.78 is 33.6. The zero-order chi connectivity index (χ0) is 22.7. The van der Waals surface area contributed by atoms with Crippen molar-refractivity contribution in [3.8, 4) is 5.75 Å². The minimum absolute atomic E-state index is 0.00228. The Morgan fingerprint density at radius 3 is 2.34 bits per heavy atom. The number of aromatic hydroxyl groups is 1. The van der Waals surface area contributed by atoms with E-state index < -0.39 is 10.0 Å². The van der Waals surface area contributed by atoms with E-state index in [0.29, 0.717) is 31.9 Å². The summed E-state index contributed by atoms with van der Waals surface area (Å²) in [7, 11) is -3.72. The first-order valence-electron chi connectivity index (χ1n) is 11.0. The molecule has 0 aromatic heterocycles. The first-order chi connectivity index (χ1) is 15.3. The topological polar surface area (TPSA) is 73.3 Å². The Morgan fingerprint density at radius 2 is 1.69 bits per heavy atom. The van der Waals surface area contributed by atoms with Gasteiger partial charge in [0.2, 0.25) is 10.0 Å². The highest BCUT2D eigenvalue weighted by atomic mass is 32.2. The van der Waals surface area contributed by atoms with Crippen molar-refractivity contribution in [3.63, 3.8) is 0 Å². The summed E-state index contributed by atoms with van der Waals surface area (Å²) in [6.07, 6.45) is -0.00228. The van der Waals surface area contributed by atoms with Crippen LogP contribution in [0, 0.1) is 0 Å². The number of phenols is 1. The number of para-hydroxylation sites is 1. The van der Waals surface area contributed by atoms with Crippen LogP contribution in [-0.4, -0.2) is 79.0 Å². The smallest absolute Gasteiger partial charge is 0.246 e. The SMILES string of the molecule is C=C(C)OC1CN(Cc2ccccc2)C[C@H]1N1CCN(S(=O)(=O)c2ccccc2O)CC1. The average Bonchev–Trinajstić information content (AvgIpc) is 3.16. The van der Waals surface area contributed by atoms with Crippen LogP contribution in [0.4, 0.5) is 0 Å². The molecule has 8 heteroatoms. The molecular formula is C24H31N3O4S. The van der Waals surface area contributed by atoms with Gasteiger partial charge in [-0.25, -0.2) is 8.42 Å². The maximum Gasteiger partial charge on any atom is 0.246 e. The van der Waals surface area contributed by atoms with E-state index in [-0.39, 0.29) is 22.8 Å². The maximum absolute atomic E-state index is 13.0. The van der Waals surface area contributed by atoms with Crippen molar-refractivity contribution in [1.82, 2.24) is 14.1 Å². The molecule has 2 fully saturated rings. The highest BCUT2D eigenvalue weighted by molar-refractivity contribution is 7.89. The third-order valence-electron chi connectivity index (χ3n) is 6.14. The molecule has 1 unspecified atom stereocenters. The first-order valence-corrected chi connectivity index (χ1v) is 12.4. The van der Waals surface area contributed by atoms with Gasteiger partial charge in [-0.1, -0.05) is 49.0 Å². The number of benzene rings is 2. The summed E-state index contributed by atoms with van der Waals surface area (Å²) in [5.41, 5.74) is 1.26. The molecule has 0 aliphatic carbocycles. The summed E-state index contributed by atoms with van der Waals surface area (Å²) in [4.78, 5) is 4.68. The van der Waals surface area contributed by atoms with Crippen LogP contribution in [0.15, 0.2) is 71.8 Å². The van der Waals surface area contributed by atoms with Crippen molar-refractivity contribution in [2.75, 3.05) is 39.3 Å². The Balaban J connectivity index is 1.42. The van der Waals surface area contributed by atoms with Gasteiger partial charge in [0.25, 0.3) is 0 Å². The number of sulfonamides is 1. The van der Waals surface area contributed by atoms with Crippen molar-refractivity contribution < 1.29 is 18.3 Å². The molecule has 7 nitrogen and oxygen atoms in total. The van der Waals surface area contributed by atoms with Gasteiger partial charge in [-0.3, -0.25) is 9.80 Å². The van der Waals surface area contributed by atoms with Crippen LogP contribution < -0.4 is 0 Å². The zero-order valence-corrected chi connectivity index (χ0v) is 19.2. The molecule has 0 amide bonds. The van der Waals surface area contributed by atoms with Gasteiger partial charge in [0.05, 0.1) is 11.8 Å². The van der Waals surface area contributed by atoms with Crippen molar-refractivity contribution in [2.45, 2.75) is 30.5 Å². The third kappa shape index (κ3) is 4.99. The predicted octanol–water partition coefficient (Wildman–Crippen LogP) is 2.50. The number of phenolic OH excluding ortho intramolecular Hbond substituents is 1.